The van der Waals surface area contributed by atoms with E-state index < -0.39 is 0 Å². The zero-order chi connectivity index (χ0) is 11.4. The molecule has 0 radical (unpaired) electrons. The molecular weight excluding hydrogens is 249 g/mol. The van der Waals surface area contributed by atoms with Crippen molar-refractivity contribution in [1.82, 2.24) is 4.98 Å². The Morgan fingerprint density at radius 3 is 2.94 bits per heavy atom. The first kappa shape index (κ1) is 11.0. The molecule has 0 atom stereocenters. The third-order valence-corrected chi connectivity index (χ3v) is 2.08. The molecule has 16 heavy (non-hydrogen) atoms. The van der Waals surface area contributed by atoms with Crippen LogP contribution in [0.25, 0.3) is 0 Å². The molecule has 2 heterocycles. The molecule has 0 amide bonds. The van der Waals surface area contributed by atoms with E-state index in [0.717, 1.165) is 0 Å². The van der Waals surface area contributed by atoms with Crippen LogP contribution in [0.2, 0.25) is 10.2 Å². The lowest BCUT2D eigenvalue weighted by molar-refractivity contribution is 0.560. The van der Waals surface area contributed by atoms with Gasteiger partial charge in [0.2, 0.25) is 0 Å². The maximum absolute atomic E-state index is 5.79. The molecular formula is C10H7Cl2N3O. The summed E-state index contributed by atoms with van der Waals surface area (Å²) in [5.74, 6) is 1.11. The fourth-order valence-electron chi connectivity index (χ4n) is 1.05. The average molecular weight is 256 g/mol. The van der Waals surface area contributed by atoms with E-state index in [1.165, 1.54) is 6.21 Å². The lowest BCUT2D eigenvalue weighted by Crippen LogP contribution is -1.93. The summed E-state index contributed by atoms with van der Waals surface area (Å²) in [7, 11) is 0. The van der Waals surface area contributed by atoms with Crippen molar-refractivity contribution in [2.24, 2.45) is 5.10 Å². The van der Waals surface area contributed by atoms with E-state index in [1.807, 2.05) is 0 Å². The standard InChI is InChI=1S/C10H7Cl2N3O/c11-7-4-9(12)14-10(5-7)15-13-6-8-2-1-3-16-8/h1-6H,(H,14,15)/b13-6-. The van der Waals surface area contributed by atoms with Crippen molar-refractivity contribution in [1.29, 1.82) is 0 Å². The highest BCUT2D eigenvalue weighted by Gasteiger charge is 1.97. The van der Waals surface area contributed by atoms with Crippen LogP contribution in [0.1, 0.15) is 5.76 Å². The highest BCUT2D eigenvalue weighted by molar-refractivity contribution is 6.34. The smallest absolute Gasteiger partial charge is 0.149 e. The van der Waals surface area contributed by atoms with Crippen LogP contribution >= 0.6 is 23.2 Å². The Balaban J connectivity index is 2.04. The van der Waals surface area contributed by atoms with Gasteiger partial charge < -0.3 is 4.42 Å². The topological polar surface area (TPSA) is 50.4 Å². The van der Waals surface area contributed by atoms with Crippen LogP contribution in [0.5, 0.6) is 0 Å². The Kier molecular flexibility index (Phi) is 3.44. The second-order valence-corrected chi connectivity index (χ2v) is 3.70. The van der Waals surface area contributed by atoms with Gasteiger partial charge in [-0.25, -0.2) is 4.98 Å². The maximum atomic E-state index is 5.79. The van der Waals surface area contributed by atoms with E-state index >= 15 is 0 Å². The monoisotopic (exact) mass is 255 g/mol. The van der Waals surface area contributed by atoms with E-state index in [4.69, 9.17) is 27.6 Å². The fourth-order valence-corrected chi connectivity index (χ4v) is 1.52. The molecule has 2 rings (SSSR count). The quantitative estimate of drug-likeness (QED) is 0.520. The van der Waals surface area contributed by atoms with Gasteiger partial charge in [-0.2, -0.15) is 5.10 Å². The molecule has 1 N–H and O–H groups in total. The third-order valence-electron chi connectivity index (χ3n) is 1.67. The van der Waals surface area contributed by atoms with E-state index in [1.54, 1.807) is 30.5 Å². The summed E-state index contributed by atoms with van der Waals surface area (Å²) in [5.41, 5.74) is 2.69. The van der Waals surface area contributed by atoms with Gasteiger partial charge in [-0.05, 0) is 18.2 Å². The van der Waals surface area contributed by atoms with Crippen LogP contribution in [-0.4, -0.2) is 11.2 Å². The minimum absolute atomic E-state index is 0.309. The van der Waals surface area contributed by atoms with Crippen molar-refractivity contribution in [2.75, 3.05) is 5.43 Å². The zero-order valence-corrected chi connectivity index (χ0v) is 9.53. The van der Waals surface area contributed by atoms with Gasteiger partial charge in [-0.15, -0.1) is 0 Å². The van der Waals surface area contributed by atoms with E-state index in [9.17, 15) is 0 Å². The molecule has 0 aliphatic heterocycles. The molecule has 0 unspecified atom stereocenters. The largest absolute Gasteiger partial charge is 0.463 e. The number of nitrogens with zero attached hydrogens (tertiary/aromatic N) is 2. The summed E-state index contributed by atoms with van der Waals surface area (Å²) < 4.78 is 5.06. The summed E-state index contributed by atoms with van der Waals surface area (Å²) in [6.07, 6.45) is 3.09. The third kappa shape index (κ3) is 2.98. The van der Waals surface area contributed by atoms with Gasteiger partial charge in [-0.3, -0.25) is 5.43 Å². The summed E-state index contributed by atoms with van der Waals surface area (Å²) in [4.78, 5) is 3.98. The highest BCUT2D eigenvalue weighted by atomic mass is 35.5. The Labute approximate surface area is 102 Å². The summed E-state index contributed by atoms with van der Waals surface area (Å²) in [6, 6.07) is 6.72. The Morgan fingerprint density at radius 2 is 2.25 bits per heavy atom. The van der Waals surface area contributed by atoms with Crippen LogP contribution < -0.4 is 5.43 Å². The van der Waals surface area contributed by atoms with Crippen LogP contribution in [0, 0.1) is 0 Å². The molecule has 0 fully saturated rings. The number of anilines is 1. The molecule has 0 saturated carbocycles. The first-order chi connectivity index (χ1) is 7.74. The van der Waals surface area contributed by atoms with Crippen molar-refractivity contribution in [2.45, 2.75) is 0 Å². The normalized spacial score (nSPS) is 10.9. The molecule has 0 aromatic carbocycles. The van der Waals surface area contributed by atoms with E-state index in [0.29, 0.717) is 21.8 Å². The van der Waals surface area contributed by atoms with Gasteiger partial charge in [0.15, 0.2) is 0 Å². The Morgan fingerprint density at radius 1 is 1.38 bits per heavy atom. The van der Waals surface area contributed by atoms with Crippen molar-refractivity contribution < 1.29 is 4.42 Å². The van der Waals surface area contributed by atoms with Crippen molar-refractivity contribution in [3.63, 3.8) is 0 Å². The van der Waals surface area contributed by atoms with Crippen molar-refractivity contribution in [3.8, 4) is 0 Å². The SMILES string of the molecule is Clc1cc(Cl)nc(N/N=C\c2ccco2)c1. The van der Waals surface area contributed by atoms with Crippen molar-refractivity contribution >= 4 is 35.2 Å². The molecule has 0 aliphatic carbocycles. The zero-order valence-electron chi connectivity index (χ0n) is 8.02. The number of furan rings is 1. The van der Waals surface area contributed by atoms with Gasteiger partial charge >= 0.3 is 0 Å². The average Bonchev–Trinajstić information content (AvgIpc) is 2.69. The maximum Gasteiger partial charge on any atom is 0.149 e. The lowest BCUT2D eigenvalue weighted by Gasteiger charge is -1.99. The first-order valence-corrected chi connectivity index (χ1v) is 5.15. The molecule has 6 heteroatoms. The number of hydrogen-bond acceptors (Lipinski definition) is 4. The summed E-state index contributed by atoms with van der Waals surface area (Å²) in [5, 5.41) is 4.72. The number of hydrazone groups is 1. The number of halogens is 2. The molecule has 0 spiro atoms. The highest BCUT2D eigenvalue weighted by Crippen LogP contribution is 2.18. The van der Waals surface area contributed by atoms with Crippen LogP contribution in [0.15, 0.2) is 40.0 Å². The molecule has 0 saturated heterocycles. The first-order valence-electron chi connectivity index (χ1n) is 4.40. The lowest BCUT2D eigenvalue weighted by atomic mass is 10.5. The summed E-state index contributed by atoms with van der Waals surface area (Å²) in [6.45, 7) is 0. The van der Waals surface area contributed by atoms with E-state index in [-0.39, 0.29) is 0 Å². The van der Waals surface area contributed by atoms with Gasteiger partial charge in [-0.1, -0.05) is 23.2 Å². The number of aromatic nitrogens is 1. The van der Waals surface area contributed by atoms with Gasteiger partial charge in [0.25, 0.3) is 0 Å². The predicted molar refractivity (Wildman–Crippen MR) is 64.2 cm³/mol. The Hall–Kier alpha value is -1.52. The van der Waals surface area contributed by atoms with Gasteiger partial charge in [0, 0.05) is 11.1 Å². The molecule has 0 bridgehead atoms. The number of pyridine rings is 1. The molecule has 2 aromatic rings. The fraction of sp³-hybridized carbons (Fsp3) is 0. The van der Waals surface area contributed by atoms with Crippen LogP contribution in [0.3, 0.4) is 0 Å². The summed E-state index contributed by atoms with van der Waals surface area (Å²) >= 11 is 11.5. The van der Waals surface area contributed by atoms with Crippen molar-refractivity contribution in [3.05, 3.63) is 46.5 Å². The van der Waals surface area contributed by atoms with Crippen LogP contribution in [0.4, 0.5) is 5.82 Å². The minimum Gasteiger partial charge on any atom is -0.463 e. The molecule has 82 valence electrons. The second kappa shape index (κ2) is 5.01. The van der Waals surface area contributed by atoms with Gasteiger partial charge in [0.05, 0.1) is 12.5 Å². The van der Waals surface area contributed by atoms with E-state index in [2.05, 4.69) is 15.5 Å². The van der Waals surface area contributed by atoms with Crippen LogP contribution in [-0.2, 0) is 0 Å². The number of rotatable bonds is 3. The Bertz CT molecular complexity index is 477. The number of nitrogens with one attached hydrogen (secondary N) is 1. The molecule has 4 nitrogen and oxygen atoms in total. The minimum atomic E-state index is 0.309. The number of hydrogen-bond donors (Lipinski definition) is 1. The van der Waals surface area contributed by atoms with Gasteiger partial charge in [0.1, 0.15) is 16.7 Å². The molecule has 2 aromatic heterocycles. The molecule has 0 aliphatic rings. The second-order valence-electron chi connectivity index (χ2n) is 2.88. The predicted octanol–water partition coefficient (Wildman–Crippen LogP) is 3.43.